The molecule has 0 aromatic carbocycles. The van der Waals surface area contributed by atoms with E-state index in [1.807, 2.05) is 13.8 Å². The number of nitrogens with one attached hydrogen (secondary N) is 2. The average molecular weight is 215 g/mol. The molecule has 0 aliphatic rings. The first-order valence-corrected chi connectivity index (χ1v) is 5.28. The van der Waals surface area contributed by atoms with Crippen LogP contribution in [-0.4, -0.2) is 30.4 Å². The van der Waals surface area contributed by atoms with E-state index in [1.165, 1.54) is 0 Å². The first kappa shape index (κ1) is 13.9. The maximum atomic E-state index is 11.5. The van der Waals surface area contributed by atoms with Gasteiger partial charge in [0.05, 0.1) is 12.1 Å². The van der Waals surface area contributed by atoms with Crippen LogP contribution in [0.25, 0.3) is 0 Å². The summed E-state index contributed by atoms with van der Waals surface area (Å²) in [5.41, 5.74) is 4.90. The molecule has 0 aliphatic carbocycles. The van der Waals surface area contributed by atoms with E-state index in [1.54, 1.807) is 6.92 Å². The zero-order valence-electron chi connectivity index (χ0n) is 9.72. The van der Waals surface area contributed by atoms with Gasteiger partial charge in [-0.3, -0.25) is 9.59 Å². The third kappa shape index (κ3) is 5.37. The number of rotatable bonds is 6. The number of carbonyl (C=O) groups excluding carboxylic acids is 2. The fourth-order valence-corrected chi connectivity index (χ4v) is 1.26. The zero-order valence-corrected chi connectivity index (χ0v) is 9.72. The highest BCUT2D eigenvalue weighted by Gasteiger charge is 2.26. The first-order valence-electron chi connectivity index (χ1n) is 5.28. The molecule has 0 bridgehead atoms. The molecule has 0 aromatic rings. The molecule has 5 heteroatoms. The van der Waals surface area contributed by atoms with Crippen molar-refractivity contribution in [2.75, 3.05) is 13.1 Å². The van der Waals surface area contributed by atoms with E-state index in [0.717, 1.165) is 6.42 Å². The fourth-order valence-electron chi connectivity index (χ4n) is 1.26. The second-order valence-corrected chi connectivity index (χ2v) is 3.80. The van der Waals surface area contributed by atoms with E-state index >= 15 is 0 Å². The van der Waals surface area contributed by atoms with Gasteiger partial charge in [-0.1, -0.05) is 13.3 Å². The van der Waals surface area contributed by atoms with Crippen LogP contribution < -0.4 is 16.4 Å². The largest absolute Gasteiger partial charge is 0.355 e. The van der Waals surface area contributed by atoms with E-state index in [2.05, 4.69) is 10.6 Å². The topological polar surface area (TPSA) is 84.2 Å². The van der Waals surface area contributed by atoms with Gasteiger partial charge in [-0.2, -0.15) is 0 Å². The van der Waals surface area contributed by atoms with Crippen LogP contribution in [0.5, 0.6) is 0 Å². The van der Waals surface area contributed by atoms with Crippen molar-refractivity contribution in [3.63, 3.8) is 0 Å². The van der Waals surface area contributed by atoms with Crippen LogP contribution >= 0.6 is 0 Å². The molecule has 5 nitrogen and oxygen atoms in total. The molecular formula is C10H21N3O2. The quantitative estimate of drug-likeness (QED) is 0.571. The Morgan fingerprint density at radius 2 is 1.87 bits per heavy atom. The molecule has 1 atom stereocenters. The van der Waals surface area contributed by atoms with E-state index in [-0.39, 0.29) is 18.4 Å². The molecule has 0 heterocycles. The lowest BCUT2D eigenvalue weighted by molar-refractivity contribution is -0.129. The van der Waals surface area contributed by atoms with Crippen LogP contribution in [0.1, 0.15) is 33.6 Å². The van der Waals surface area contributed by atoms with Crippen LogP contribution in [0, 0.1) is 0 Å². The lowest BCUT2D eigenvalue weighted by atomic mass is 9.97. The molecule has 2 amide bonds. The highest BCUT2D eigenvalue weighted by molar-refractivity contribution is 5.89. The Morgan fingerprint density at radius 1 is 1.27 bits per heavy atom. The Morgan fingerprint density at radius 3 is 2.33 bits per heavy atom. The molecule has 1 unspecified atom stereocenters. The molecule has 88 valence electrons. The molecule has 0 saturated heterocycles. The molecule has 0 spiro atoms. The molecule has 4 N–H and O–H groups in total. The van der Waals surface area contributed by atoms with Crippen molar-refractivity contribution in [1.82, 2.24) is 10.6 Å². The van der Waals surface area contributed by atoms with Gasteiger partial charge in [-0.15, -0.1) is 0 Å². The second-order valence-electron chi connectivity index (χ2n) is 3.80. The Kier molecular flexibility index (Phi) is 5.93. The van der Waals surface area contributed by atoms with Crippen molar-refractivity contribution in [3.05, 3.63) is 0 Å². The standard InChI is InChI=1S/C10H21N3O2/c1-4-6-10(3,11)9(15)13-7-8(14)12-5-2/h4-7,11H2,1-3H3,(H,12,14)(H,13,15). The Hall–Kier alpha value is -1.10. The fraction of sp³-hybridized carbons (Fsp3) is 0.800. The summed E-state index contributed by atoms with van der Waals surface area (Å²) < 4.78 is 0. The minimum absolute atomic E-state index is 0.0107. The number of hydrogen-bond acceptors (Lipinski definition) is 3. The van der Waals surface area contributed by atoms with Crippen molar-refractivity contribution in [2.24, 2.45) is 5.73 Å². The highest BCUT2D eigenvalue weighted by Crippen LogP contribution is 2.07. The van der Waals surface area contributed by atoms with Crippen molar-refractivity contribution in [2.45, 2.75) is 39.2 Å². The molecule has 0 fully saturated rings. The summed E-state index contributed by atoms with van der Waals surface area (Å²) in [5.74, 6) is -0.478. The third-order valence-corrected chi connectivity index (χ3v) is 2.07. The van der Waals surface area contributed by atoms with Gasteiger partial charge < -0.3 is 16.4 Å². The Labute approximate surface area is 90.8 Å². The van der Waals surface area contributed by atoms with Gasteiger partial charge in [-0.05, 0) is 20.3 Å². The third-order valence-electron chi connectivity index (χ3n) is 2.07. The molecule has 0 saturated carbocycles. The summed E-state index contributed by atoms with van der Waals surface area (Å²) in [6.07, 6.45) is 1.44. The lowest BCUT2D eigenvalue weighted by Crippen LogP contribution is -2.53. The first-order chi connectivity index (χ1) is 6.94. The van der Waals surface area contributed by atoms with Crippen LogP contribution in [0.3, 0.4) is 0 Å². The summed E-state index contributed by atoms with van der Waals surface area (Å²) in [5, 5.41) is 5.11. The molecule has 15 heavy (non-hydrogen) atoms. The van der Waals surface area contributed by atoms with E-state index in [0.29, 0.717) is 13.0 Å². The highest BCUT2D eigenvalue weighted by atomic mass is 16.2. The van der Waals surface area contributed by atoms with Gasteiger partial charge in [0.25, 0.3) is 0 Å². The van der Waals surface area contributed by atoms with E-state index in [4.69, 9.17) is 5.73 Å². The summed E-state index contributed by atoms with van der Waals surface area (Å²) in [7, 11) is 0. The van der Waals surface area contributed by atoms with Crippen molar-refractivity contribution in [1.29, 1.82) is 0 Å². The van der Waals surface area contributed by atoms with Crippen LogP contribution in [0.4, 0.5) is 0 Å². The summed E-state index contributed by atoms with van der Waals surface area (Å²) in [6.45, 7) is 6.00. The predicted octanol–water partition coefficient (Wildman–Crippen LogP) is -0.244. The van der Waals surface area contributed by atoms with E-state index < -0.39 is 5.54 Å². The minimum Gasteiger partial charge on any atom is -0.355 e. The molecule has 0 radical (unpaired) electrons. The van der Waals surface area contributed by atoms with Crippen molar-refractivity contribution >= 4 is 11.8 Å². The van der Waals surface area contributed by atoms with Gasteiger partial charge in [0.2, 0.25) is 11.8 Å². The number of hydrogen-bond donors (Lipinski definition) is 3. The number of amides is 2. The average Bonchev–Trinajstić information content (AvgIpc) is 2.14. The normalized spacial score (nSPS) is 14.1. The molecule has 0 aliphatic heterocycles. The Bertz CT molecular complexity index is 227. The second kappa shape index (κ2) is 6.40. The van der Waals surface area contributed by atoms with Gasteiger partial charge in [-0.25, -0.2) is 0 Å². The SMILES string of the molecule is CCCC(C)(N)C(=O)NCC(=O)NCC. The molecule has 0 rings (SSSR count). The van der Waals surface area contributed by atoms with Crippen LogP contribution in [0.15, 0.2) is 0 Å². The molecular weight excluding hydrogens is 194 g/mol. The minimum atomic E-state index is -0.888. The van der Waals surface area contributed by atoms with Gasteiger partial charge in [0.15, 0.2) is 0 Å². The van der Waals surface area contributed by atoms with Crippen molar-refractivity contribution < 1.29 is 9.59 Å². The summed E-state index contributed by atoms with van der Waals surface area (Å²) in [6, 6.07) is 0. The monoisotopic (exact) mass is 215 g/mol. The smallest absolute Gasteiger partial charge is 0.240 e. The van der Waals surface area contributed by atoms with Gasteiger partial charge in [0, 0.05) is 6.54 Å². The van der Waals surface area contributed by atoms with Crippen molar-refractivity contribution in [3.8, 4) is 0 Å². The number of carbonyl (C=O) groups is 2. The number of likely N-dealkylation sites (N-methyl/N-ethyl adjacent to an activating group) is 1. The maximum Gasteiger partial charge on any atom is 0.240 e. The van der Waals surface area contributed by atoms with Gasteiger partial charge in [0.1, 0.15) is 0 Å². The maximum absolute atomic E-state index is 11.5. The number of nitrogens with two attached hydrogens (primary N) is 1. The predicted molar refractivity (Wildman–Crippen MR) is 59.2 cm³/mol. The Balaban J connectivity index is 3.97. The lowest BCUT2D eigenvalue weighted by Gasteiger charge is -2.22. The van der Waals surface area contributed by atoms with Crippen LogP contribution in [0.2, 0.25) is 0 Å². The summed E-state index contributed by atoms with van der Waals surface area (Å²) in [4.78, 5) is 22.6. The zero-order chi connectivity index (χ0) is 11.9. The summed E-state index contributed by atoms with van der Waals surface area (Å²) >= 11 is 0. The van der Waals surface area contributed by atoms with Crippen LogP contribution in [-0.2, 0) is 9.59 Å². The van der Waals surface area contributed by atoms with Gasteiger partial charge >= 0.3 is 0 Å². The van der Waals surface area contributed by atoms with E-state index in [9.17, 15) is 9.59 Å². The molecule has 0 aromatic heterocycles.